The average molecular weight is 439 g/mol. The quantitative estimate of drug-likeness (QED) is 0.538. The standard InChI is InChI=1S/C21H23F2NO7/c1-27-15-8-7-13(11-17(15)29-3)9-10-24-18(25)12-30-20(26)14-5-4-6-16(28-2)19(14)31-21(22)23/h4-8,11,21H,9-10,12H2,1-3H3,(H,24,25). The molecule has 0 saturated carbocycles. The van der Waals surface area contributed by atoms with Crippen LogP contribution in [0.15, 0.2) is 36.4 Å². The molecule has 168 valence electrons. The van der Waals surface area contributed by atoms with Gasteiger partial charge in [-0.1, -0.05) is 12.1 Å². The lowest BCUT2D eigenvalue weighted by Gasteiger charge is -2.14. The first-order valence-corrected chi connectivity index (χ1v) is 9.16. The Morgan fingerprint density at radius 3 is 2.32 bits per heavy atom. The van der Waals surface area contributed by atoms with E-state index in [4.69, 9.17) is 18.9 Å². The summed E-state index contributed by atoms with van der Waals surface area (Å²) in [5.74, 6) is -0.902. The predicted octanol–water partition coefficient (Wildman–Crippen LogP) is 2.83. The monoisotopic (exact) mass is 439 g/mol. The number of hydrogen-bond acceptors (Lipinski definition) is 7. The van der Waals surface area contributed by atoms with Crippen LogP contribution in [0.25, 0.3) is 0 Å². The van der Waals surface area contributed by atoms with Gasteiger partial charge >= 0.3 is 12.6 Å². The van der Waals surface area contributed by atoms with E-state index in [-0.39, 0.29) is 17.9 Å². The van der Waals surface area contributed by atoms with Crippen LogP contribution in [0.1, 0.15) is 15.9 Å². The van der Waals surface area contributed by atoms with Gasteiger partial charge in [0.05, 0.1) is 21.3 Å². The van der Waals surface area contributed by atoms with Gasteiger partial charge in [-0.2, -0.15) is 8.78 Å². The molecule has 0 aliphatic heterocycles. The molecule has 0 radical (unpaired) electrons. The van der Waals surface area contributed by atoms with Crippen molar-refractivity contribution in [2.24, 2.45) is 0 Å². The van der Waals surface area contributed by atoms with Crippen molar-refractivity contribution in [1.29, 1.82) is 0 Å². The smallest absolute Gasteiger partial charge is 0.387 e. The van der Waals surface area contributed by atoms with E-state index in [0.29, 0.717) is 17.9 Å². The third-order valence-corrected chi connectivity index (χ3v) is 4.14. The number of para-hydroxylation sites is 1. The fourth-order valence-corrected chi connectivity index (χ4v) is 2.69. The van der Waals surface area contributed by atoms with Crippen molar-refractivity contribution in [1.82, 2.24) is 5.32 Å². The van der Waals surface area contributed by atoms with Crippen LogP contribution >= 0.6 is 0 Å². The summed E-state index contributed by atoms with van der Waals surface area (Å²) in [4.78, 5) is 24.2. The lowest BCUT2D eigenvalue weighted by atomic mass is 10.1. The predicted molar refractivity (Wildman–Crippen MR) is 106 cm³/mol. The summed E-state index contributed by atoms with van der Waals surface area (Å²) in [5, 5.41) is 2.61. The van der Waals surface area contributed by atoms with E-state index in [1.54, 1.807) is 12.1 Å². The van der Waals surface area contributed by atoms with Gasteiger partial charge in [-0.05, 0) is 36.2 Å². The minimum atomic E-state index is -3.16. The van der Waals surface area contributed by atoms with Crippen molar-refractivity contribution in [2.75, 3.05) is 34.5 Å². The summed E-state index contributed by atoms with van der Waals surface area (Å²) < 4.78 is 49.9. The van der Waals surface area contributed by atoms with Crippen LogP contribution < -0.4 is 24.3 Å². The Hall–Kier alpha value is -3.56. The van der Waals surface area contributed by atoms with Crippen LogP contribution in [-0.4, -0.2) is 53.0 Å². The molecule has 0 aliphatic rings. The number of alkyl halides is 2. The summed E-state index contributed by atoms with van der Waals surface area (Å²) in [7, 11) is 4.31. The average Bonchev–Trinajstić information content (AvgIpc) is 2.77. The summed E-state index contributed by atoms with van der Waals surface area (Å²) in [6.45, 7) is -3.47. The van der Waals surface area contributed by atoms with Crippen LogP contribution in [-0.2, 0) is 16.0 Å². The molecule has 10 heteroatoms. The number of halogens is 2. The Balaban J connectivity index is 1.88. The molecule has 0 aromatic heterocycles. The second-order valence-corrected chi connectivity index (χ2v) is 6.08. The lowest BCUT2D eigenvalue weighted by molar-refractivity contribution is -0.124. The molecule has 0 aliphatic carbocycles. The zero-order valence-electron chi connectivity index (χ0n) is 17.3. The fourth-order valence-electron chi connectivity index (χ4n) is 2.69. The molecule has 2 aromatic rings. The SMILES string of the molecule is COc1ccc(CCNC(=O)COC(=O)c2cccc(OC)c2OC(F)F)cc1OC. The number of nitrogens with one attached hydrogen (secondary N) is 1. The second kappa shape index (κ2) is 11.6. The molecule has 8 nitrogen and oxygen atoms in total. The molecule has 1 amide bonds. The third kappa shape index (κ3) is 6.73. The molecular formula is C21H23F2NO7. The lowest BCUT2D eigenvalue weighted by Crippen LogP contribution is -2.30. The van der Waals surface area contributed by atoms with E-state index in [1.165, 1.54) is 39.5 Å². The Morgan fingerprint density at radius 1 is 0.968 bits per heavy atom. The van der Waals surface area contributed by atoms with Gasteiger partial charge in [-0.15, -0.1) is 0 Å². The van der Waals surface area contributed by atoms with E-state index in [1.807, 2.05) is 6.07 Å². The van der Waals surface area contributed by atoms with Crippen molar-refractivity contribution >= 4 is 11.9 Å². The maximum Gasteiger partial charge on any atom is 0.387 e. The van der Waals surface area contributed by atoms with Gasteiger partial charge in [0.1, 0.15) is 5.56 Å². The molecule has 0 spiro atoms. The second-order valence-electron chi connectivity index (χ2n) is 6.08. The zero-order chi connectivity index (χ0) is 22.8. The van der Waals surface area contributed by atoms with Crippen LogP contribution in [0.2, 0.25) is 0 Å². The van der Waals surface area contributed by atoms with Crippen LogP contribution in [0.4, 0.5) is 8.78 Å². The van der Waals surface area contributed by atoms with Crippen molar-refractivity contribution in [2.45, 2.75) is 13.0 Å². The van der Waals surface area contributed by atoms with Crippen molar-refractivity contribution in [3.05, 3.63) is 47.5 Å². The van der Waals surface area contributed by atoms with Gasteiger partial charge in [0.15, 0.2) is 29.6 Å². The molecule has 2 rings (SSSR count). The molecule has 0 bridgehead atoms. The Morgan fingerprint density at radius 2 is 1.68 bits per heavy atom. The highest BCUT2D eigenvalue weighted by Crippen LogP contribution is 2.33. The molecule has 0 heterocycles. The van der Waals surface area contributed by atoms with Crippen molar-refractivity contribution < 1.29 is 42.1 Å². The number of esters is 1. The zero-order valence-corrected chi connectivity index (χ0v) is 17.3. The number of rotatable bonds is 11. The highest BCUT2D eigenvalue weighted by atomic mass is 19.3. The molecule has 0 fully saturated rings. The highest BCUT2D eigenvalue weighted by molar-refractivity contribution is 5.95. The van der Waals surface area contributed by atoms with Crippen LogP contribution in [0.3, 0.4) is 0 Å². The first-order valence-electron chi connectivity index (χ1n) is 9.16. The maximum atomic E-state index is 12.7. The molecule has 31 heavy (non-hydrogen) atoms. The summed E-state index contributed by atoms with van der Waals surface area (Å²) in [6, 6.07) is 9.38. The van der Waals surface area contributed by atoms with Gasteiger partial charge in [-0.25, -0.2) is 4.79 Å². The number of benzene rings is 2. The number of methoxy groups -OCH3 is 3. The number of ether oxygens (including phenoxy) is 5. The number of hydrogen-bond donors (Lipinski definition) is 1. The summed E-state index contributed by atoms with van der Waals surface area (Å²) in [6.07, 6.45) is 0.502. The topological polar surface area (TPSA) is 92.3 Å². The van der Waals surface area contributed by atoms with Gasteiger partial charge in [-0.3, -0.25) is 4.79 Å². The molecule has 0 atom stereocenters. The van der Waals surface area contributed by atoms with Gasteiger partial charge in [0.25, 0.3) is 5.91 Å². The van der Waals surface area contributed by atoms with Crippen molar-refractivity contribution in [3.8, 4) is 23.0 Å². The third-order valence-electron chi connectivity index (χ3n) is 4.14. The van der Waals surface area contributed by atoms with Crippen LogP contribution in [0.5, 0.6) is 23.0 Å². The highest BCUT2D eigenvalue weighted by Gasteiger charge is 2.22. The Bertz CT molecular complexity index is 905. The minimum Gasteiger partial charge on any atom is -0.493 e. The van der Waals surface area contributed by atoms with Gasteiger partial charge in [0, 0.05) is 6.54 Å². The van der Waals surface area contributed by atoms with Gasteiger partial charge < -0.3 is 29.0 Å². The first-order chi connectivity index (χ1) is 14.9. The largest absolute Gasteiger partial charge is 0.493 e. The maximum absolute atomic E-state index is 12.7. The molecule has 0 unspecified atom stereocenters. The summed E-state index contributed by atoms with van der Waals surface area (Å²) >= 11 is 0. The van der Waals surface area contributed by atoms with E-state index >= 15 is 0 Å². The van der Waals surface area contributed by atoms with Crippen LogP contribution in [0, 0.1) is 0 Å². The van der Waals surface area contributed by atoms with Gasteiger partial charge in [0.2, 0.25) is 0 Å². The van der Waals surface area contributed by atoms with E-state index in [0.717, 1.165) is 5.56 Å². The van der Waals surface area contributed by atoms with E-state index in [9.17, 15) is 18.4 Å². The van der Waals surface area contributed by atoms with E-state index < -0.39 is 30.8 Å². The Labute approximate surface area is 178 Å². The minimum absolute atomic E-state index is 0.0610. The summed E-state index contributed by atoms with van der Waals surface area (Å²) in [5.41, 5.74) is 0.623. The number of carbonyl (C=O) groups excluding carboxylic acids is 2. The number of amides is 1. The molecule has 0 saturated heterocycles. The first kappa shape index (κ1) is 23.7. The van der Waals surface area contributed by atoms with Crippen molar-refractivity contribution in [3.63, 3.8) is 0 Å². The number of carbonyl (C=O) groups is 2. The Kier molecular flexibility index (Phi) is 8.86. The molecule has 1 N–H and O–H groups in total. The normalized spacial score (nSPS) is 10.4. The van der Waals surface area contributed by atoms with E-state index in [2.05, 4.69) is 10.1 Å². The molecular weight excluding hydrogens is 416 g/mol. The fraction of sp³-hybridized carbons (Fsp3) is 0.333. The molecule has 2 aromatic carbocycles.